The van der Waals surface area contributed by atoms with Crippen LogP contribution in [0.2, 0.25) is 5.02 Å². The summed E-state index contributed by atoms with van der Waals surface area (Å²) in [6, 6.07) is 3.69. The summed E-state index contributed by atoms with van der Waals surface area (Å²) in [5, 5.41) is 3.87. The van der Waals surface area contributed by atoms with Crippen molar-refractivity contribution in [3.8, 4) is 0 Å². The molecule has 1 aromatic rings. The van der Waals surface area contributed by atoms with Crippen molar-refractivity contribution in [2.24, 2.45) is 5.73 Å². The second kappa shape index (κ2) is 3.75. The van der Waals surface area contributed by atoms with Gasteiger partial charge in [0.2, 0.25) is 0 Å². The predicted octanol–water partition coefficient (Wildman–Crippen LogP) is 2.03. The monoisotopic (exact) mass is 211 g/mol. The molecule has 76 valence electrons. The van der Waals surface area contributed by atoms with E-state index in [1.54, 1.807) is 6.20 Å². The van der Waals surface area contributed by atoms with Crippen molar-refractivity contribution in [3.05, 3.63) is 23.4 Å². The van der Waals surface area contributed by atoms with Crippen LogP contribution in [0.3, 0.4) is 0 Å². The van der Waals surface area contributed by atoms with E-state index in [9.17, 15) is 0 Å². The van der Waals surface area contributed by atoms with Crippen molar-refractivity contribution in [2.75, 3.05) is 11.9 Å². The molecule has 0 amide bonds. The Morgan fingerprint density at radius 2 is 2.29 bits per heavy atom. The molecule has 0 radical (unpaired) electrons. The molecule has 1 heterocycles. The van der Waals surface area contributed by atoms with E-state index in [1.165, 1.54) is 6.42 Å². The minimum Gasteiger partial charge on any atom is -0.368 e. The summed E-state index contributed by atoms with van der Waals surface area (Å²) in [6.45, 7) is 0.793. The molecule has 1 aromatic heterocycles. The van der Waals surface area contributed by atoms with Gasteiger partial charge in [0.25, 0.3) is 0 Å². The van der Waals surface area contributed by atoms with Crippen LogP contribution in [-0.2, 0) is 0 Å². The summed E-state index contributed by atoms with van der Waals surface area (Å²) in [5.74, 6) is 0.839. The van der Waals surface area contributed by atoms with Gasteiger partial charge in [-0.25, -0.2) is 4.98 Å². The number of anilines is 1. The van der Waals surface area contributed by atoms with Gasteiger partial charge < -0.3 is 11.1 Å². The first-order chi connectivity index (χ1) is 6.68. The Bertz CT molecular complexity index is 306. The smallest absolute Gasteiger partial charge is 0.126 e. The van der Waals surface area contributed by atoms with Crippen LogP contribution in [0, 0.1) is 0 Å². The minimum absolute atomic E-state index is 0.0126. The molecular weight excluding hydrogens is 198 g/mol. The van der Waals surface area contributed by atoms with E-state index in [2.05, 4.69) is 10.3 Å². The van der Waals surface area contributed by atoms with Crippen LogP contribution in [0.4, 0.5) is 5.82 Å². The highest BCUT2D eigenvalue weighted by Gasteiger charge is 2.31. The van der Waals surface area contributed by atoms with Gasteiger partial charge in [-0.1, -0.05) is 11.6 Å². The molecule has 1 aliphatic carbocycles. The van der Waals surface area contributed by atoms with Crippen LogP contribution in [-0.4, -0.2) is 17.1 Å². The zero-order valence-corrected chi connectivity index (χ0v) is 8.72. The largest absolute Gasteiger partial charge is 0.368 e. The summed E-state index contributed by atoms with van der Waals surface area (Å²) in [7, 11) is 0. The van der Waals surface area contributed by atoms with Crippen molar-refractivity contribution >= 4 is 17.4 Å². The van der Waals surface area contributed by atoms with E-state index < -0.39 is 0 Å². The molecule has 4 heteroatoms. The number of hydrogen-bond acceptors (Lipinski definition) is 3. The van der Waals surface area contributed by atoms with Crippen molar-refractivity contribution in [3.63, 3.8) is 0 Å². The molecule has 0 saturated heterocycles. The van der Waals surface area contributed by atoms with Crippen LogP contribution in [0.15, 0.2) is 18.3 Å². The van der Waals surface area contributed by atoms with Crippen molar-refractivity contribution in [1.82, 2.24) is 4.98 Å². The number of nitrogens with two attached hydrogens (primary N) is 1. The molecule has 1 aliphatic rings. The number of halogens is 1. The normalized spacial score (nSPS) is 18.7. The lowest BCUT2D eigenvalue weighted by Crippen LogP contribution is -2.52. The highest BCUT2D eigenvalue weighted by Crippen LogP contribution is 2.28. The maximum absolute atomic E-state index is 6.06. The summed E-state index contributed by atoms with van der Waals surface area (Å²) < 4.78 is 0. The molecule has 0 aliphatic heterocycles. The predicted molar refractivity (Wildman–Crippen MR) is 58.5 cm³/mol. The lowest BCUT2D eigenvalue weighted by molar-refractivity contribution is 0.265. The van der Waals surface area contributed by atoms with Crippen molar-refractivity contribution in [1.29, 1.82) is 0 Å². The molecule has 1 fully saturated rings. The fourth-order valence-corrected chi connectivity index (χ4v) is 1.67. The molecule has 2 rings (SSSR count). The van der Waals surface area contributed by atoms with Crippen LogP contribution in [0.25, 0.3) is 0 Å². The SMILES string of the molecule is NC1(CNc2ccc(Cl)cn2)CCC1. The molecule has 0 aromatic carbocycles. The van der Waals surface area contributed by atoms with Gasteiger partial charge >= 0.3 is 0 Å². The zero-order chi connectivity index (χ0) is 10.0. The van der Waals surface area contributed by atoms with Gasteiger partial charge in [0.15, 0.2) is 0 Å². The van der Waals surface area contributed by atoms with Crippen LogP contribution in [0.1, 0.15) is 19.3 Å². The first-order valence-electron chi connectivity index (χ1n) is 4.82. The lowest BCUT2D eigenvalue weighted by atomic mass is 9.78. The molecule has 1 saturated carbocycles. The van der Waals surface area contributed by atoms with Gasteiger partial charge in [-0.2, -0.15) is 0 Å². The summed E-state index contributed by atoms with van der Waals surface area (Å²) in [4.78, 5) is 4.14. The van der Waals surface area contributed by atoms with Crippen LogP contribution < -0.4 is 11.1 Å². The van der Waals surface area contributed by atoms with E-state index in [0.29, 0.717) is 5.02 Å². The Morgan fingerprint density at radius 3 is 2.79 bits per heavy atom. The highest BCUT2D eigenvalue weighted by atomic mass is 35.5. The van der Waals surface area contributed by atoms with E-state index in [0.717, 1.165) is 25.2 Å². The summed E-state index contributed by atoms with van der Waals surface area (Å²) >= 11 is 5.73. The number of pyridine rings is 1. The van der Waals surface area contributed by atoms with Gasteiger partial charge in [-0.3, -0.25) is 0 Å². The molecule has 14 heavy (non-hydrogen) atoms. The second-order valence-electron chi connectivity index (χ2n) is 3.93. The van der Waals surface area contributed by atoms with Crippen molar-refractivity contribution < 1.29 is 0 Å². The van der Waals surface area contributed by atoms with Gasteiger partial charge in [0, 0.05) is 18.3 Å². The quantitative estimate of drug-likeness (QED) is 0.805. The lowest BCUT2D eigenvalue weighted by Gasteiger charge is -2.38. The van der Waals surface area contributed by atoms with Gasteiger partial charge in [-0.05, 0) is 31.4 Å². The molecule has 0 unspecified atom stereocenters. The number of nitrogens with zero attached hydrogens (tertiary/aromatic N) is 1. The number of nitrogens with one attached hydrogen (secondary N) is 1. The standard InChI is InChI=1S/C10H14ClN3/c11-8-2-3-9(13-6-8)14-7-10(12)4-1-5-10/h2-3,6H,1,4-5,7,12H2,(H,13,14). The molecule has 0 atom stereocenters. The number of aromatic nitrogens is 1. The van der Waals surface area contributed by atoms with Crippen LogP contribution in [0.5, 0.6) is 0 Å². The van der Waals surface area contributed by atoms with E-state index >= 15 is 0 Å². The zero-order valence-electron chi connectivity index (χ0n) is 7.96. The average Bonchev–Trinajstić information content (AvgIpc) is 2.14. The fraction of sp³-hybridized carbons (Fsp3) is 0.500. The first kappa shape index (κ1) is 9.74. The molecule has 3 N–H and O–H groups in total. The maximum Gasteiger partial charge on any atom is 0.126 e. The van der Waals surface area contributed by atoms with E-state index in [1.807, 2.05) is 12.1 Å². The van der Waals surface area contributed by atoms with Crippen LogP contribution >= 0.6 is 11.6 Å². The third-order valence-electron chi connectivity index (χ3n) is 2.70. The average molecular weight is 212 g/mol. The third kappa shape index (κ3) is 2.16. The van der Waals surface area contributed by atoms with Gasteiger partial charge in [0.1, 0.15) is 5.82 Å². The molecule has 3 nitrogen and oxygen atoms in total. The Labute approximate surface area is 88.7 Å². The maximum atomic E-state index is 6.06. The van der Waals surface area contributed by atoms with Gasteiger partial charge in [-0.15, -0.1) is 0 Å². The number of rotatable bonds is 3. The molecule has 0 spiro atoms. The number of hydrogen-bond donors (Lipinski definition) is 2. The Kier molecular flexibility index (Phi) is 2.61. The molecule has 0 bridgehead atoms. The third-order valence-corrected chi connectivity index (χ3v) is 2.92. The summed E-state index contributed by atoms with van der Waals surface area (Å²) in [5.41, 5.74) is 6.05. The van der Waals surface area contributed by atoms with E-state index in [-0.39, 0.29) is 5.54 Å². The Morgan fingerprint density at radius 1 is 1.50 bits per heavy atom. The first-order valence-corrected chi connectivity index (χ1v) is 5.20. The van der Waals surface area contributed by atoms with Gasteiger partial charge in [0.05, 0.1) is 5.02 Å². The highest BCUT2D eigenvalue weighted by molar-refractivity contribution is 6.30. The fourth-order valence-electron chi connectivity index (χ4n) is 1.55. The Hall–Kier alpha value is -0.800. The Balaban J connectivity index is 1.88. The molecular formula is C10H14ClN3. The topological polar surface area (TPSA) is 50.9 Å². The second-order valence-corrected chi connectivity index (χ2v) is 4.37. The summed E-state index contributed by atoms with van der Waals surface area (Å²) in [6.07, 6.45) is 5.08. The van der Waals surface area contributed by atoms with E-state index in [4.69, 9.17) is 17.3 Å². The minimum atomic E-state index is -0.0126. The van der Waals surface area contributed by atoms with Crippen molar-refractivity contribution in [2.45, 2.75) is 24.8 Å².